The Morgan fingerprint density at radius 3 is 1.47 bits per heavy atom. The first kappa shape index (κ1) is 45.7. The molecular weight excluding hydrogens is 794 g/mol. The summed E-state index contributed by atoms with van der Waals surface area (Å²) in [7, 11) is 0. The van der Waals surface area contributed by atoms with E-state index in [9.17, 15) is 50.9 Å². The van der Waals surface area contributed by atoms with Crippen LogP contribution in [0.1, 0.15) is 43.0 Å². The molecule has 20 heteroatoms. The van der Waals surface area contributed by atoms with Crippen LogP contribution >= 0.6 is 0 Å². The third kappa shape index (κ3) is 13.1. The van der Waals surface area contributed by atoms with Gasteiger partial charge in [0.25, 0.3) is 0 Å². The molecule has 4 fully saturated rings. The van der Waals surface area contributed by atoms with E-state index in [4.69, 9.17) is 14.2 Å². The molecule has 14 nitrogen and oxygen atoms in total. The minimum atomic E-state index is -4.56. The van der Waals surface area contributed by atoms with Crippen LogP contribution in [0.3, 0.4) is 0 Å². The van der Waals surface area contributed by atoms with Crippen LogP contribution in [0.25, 0.3) is 0 Å². The lowest BCUT2D eigenvalue weighted by atomic mass is 10.1. The number of carbonyl (C=O) groups excluding carboxylic acids is 1. The van der Waals surface area contributed by atoms with Gasteiger partial charge in [-0.1, -0.05) is 0 Å². The number of nitrogens with one attached hydrogen (secondary N) is 1. The van der Waals surface area contributed by atoms with Crippen LogP contribution in [0.15, 0.2) is 36.4 Å². The van der Waals surface area contributed by atoms with Crippen LogP contribution in [0.4, 0.5) is 42.5 Å². The largest absolute Gasteiger partial charge is 0.480 e. The molecule has 2 aromatic carbocycles. The lowest BCUT2D eigenvalue weighted by molar-refractivity contribution is -0.142. The molecule has 2 aromatic rings. The summed E-state index contributed by atoms with van der Waals surface area (Å²) >= 11 is 0. The van der Waals surface area contributed by atoms with E-state index in [2.05, 4.69) is 10.2 Å². The summed E-state index contributed by atoms with van der Waals surface area (Å²) in [4.78, 5) is 43.9. The molecule has 6 rings (SSSR count). The minimum Gasteiger partial charge on any atom is -0.480 e. The predicted molar refractivity (Wildman–Crippen MR) is 203 cm³/mol. The number of anilines is 2. The number of carboxylic acid groups (broad SMARTS) is 2. The first-order chi connectivity index (χ1) is 27.7. The highest BCUT2D eigenvalue weighted by Crippen LogP contribution is 2.36. The number of aliphatic carboxylic acids is 2. The smallest absolute Gasteiger partial charge is 0.416 e. The molecule has 0 saturated carbocycles. The van der Waals surface area contributed by atoms with Crippen molar-refractivity contribution in [2.24, 2.45) is 0 Å². The van der Waals surface area contributed by atoms with Gasteiger partial charge >= 0.3 is 30.4 Å². The summed E-state index contributed by atoms with van der Waals surface area (Å²) in [5, 5.41) is 22.1. The number of rotatable bonds is 8. The Balaban J connectivity index is 0.000000230. The Kier molecular flexibility index (Phi) is 15.0. The number of hydrogen-bond acceptors (Lipinski definition) is 11. The molecule has 4 aliphatic rings. The third-order valence-corrected chi connectivity index (χ3v) is 10.1. The average molecular weight is 847 g/mol. The summed E-state index contributed by atoms with van der Waals surface area (Å²) < 4.78 is 96.6. The Hall–Kier alpha value is -4.37. The molecule has 2 atom stereocenters. The normalized spacial score (nSPS) is 21.4. The van der Waals surface area contributed by atoms with E-state index in [0.29, 0.717) is 43.9 Å². The molecule has 4 heterocycles. The second kappa shape index (κ2) is 19.3. The highest BCUT2D eigenvalue weighted by atomic mass is 19.4. The quantitative estimate of drug-likeness (QED) is 0.322. The Bertz CT molecular complexity index is 1760. The van der Waals surface area contributed by atoms with Crippen molar-refractivity contribution >= 4 is 29.4 Å². The maximum Gasteiger partial charge on any atom is 0.416 e. The van der Waals surface area contributed by atoms with Gasteiger partial charge in [-0.25, -0.2) is 14.4 Å². The number of carboxylic acids is 2. The fourth-order valence-electron chi connectivity index (χ4n) is 7.22. The van der Waals surface area contributed by atoms with E-state index in [1.807, 2.05) is 4.90 Å². The standard InChI is InChI=1S/C22H30F3N3O5.C17H22F3N3O3/c1-21(2,3)33-20(31)27-6-4-26(5-7-27)13-15-10-16(22(23,24)25)12-17(11-15)28-8-9-32-14-18(28)19(29)30;18-17(19,20)13-7-12(10-22-3-1-21-2-4-22)8-14(9-13)23-5-6-26-11-15(23)16(24)25/h10-12,18H,4-9,13-14H2,1-3H3,(H,29,30);7-9,15,21H,1-6,10-11H2,(H,24,25). The fraction of sp³-hybridized carbons (Fsp3) is 0.615. The number of piperazine rings is 2. The maximum absolute atomic E-state index is 13.6. The molecule has 328 valence electrons. The van der Waals surface area contributed by atoms with E-state index in [1.165, 1.54) is 9.80 Å². The van der Waals surface area contributed by atoms with Gasteiger partial charge < -0.3 is 44.4 Å². The molecule has 4 saturated heterocycles. The van der Waals surface area contributed by atoms with Crippen molar-refractivity contribution in [3.8, 4) is 0 Å². The van der Waals surface area contributed by atoms with E-state index < -0.39 is 59.2 Å². The van der Waals surface area contributed by atoms with Gasteiger partial charge in [0.15, 0.2) is 12.1 Å². The number of nitrogens with zero attached hydrogens (tertiary/aromatic N) is 5. The molecule has 3 N–H and O–H groups in total. The summed E-state index contributed by atoms with van der Waals surface area (Å²) in [6, 6.07) is 5.51. The monoisotopic (exact) mass is 846 g/mol. The van der Waals surface area contributed by atoms with Gasteiger partial charge in [0.2, 0.25) is 0 Å². The van der Waals surface area contributed by atoms with Gasteiger partial charge in [-0.05, 0) is 68.3 Å². The number of halogens is 6. The van der Waals surface area contributed by atoms with Crippen LogP contribution in [-0.2, 0) is 49.2 Å². The molecule has 0 spiro atoms. The zero-order valence-electron chi connectivity index (χ0n) is 33.3. The molecule has 0 aromatic heterocycles. The van der Waals surface area contributed by atoms with Gasteiger partial charge in [0, 0.05) is 89.9 Å². The highest BCUT2D eigenvalue weighted by Gasteiger charge is 2.37. The van der Waals surface area contributed by atoms with Gasteiger partial charge in [0.05, 0.1) is 37.6 Å². The SMILES string of the molecule is CC(C)(C)OC(=O)N1CCN(Cc2cc(N3CCOCC3C(=O)O)cc(C(F)(F)F)c2)CC1.O=C(O)C1COCCN1c1cc(CN2CCNCC2)cc(C(F)(F)F)c1. The topological polar surface area (TPSA) is 148 Å². The van der Waals surface area contributed by atoms with E-state index in [0.717, 1.165) is 50.4 Å². The lowest BCUT2D eigenvalue weighted by Crippen LogP contribution is -2.50. The summed E-state index contributed by atoms with van der Waals surface area (Å²) in [6.45, 7) is 11.8. The molecule has 0 bridgehead atoms. The summed E-state index contributed by atoms with van der Waals surface area (Å²) in [6.07, 6.45) is -9.46. The van der Waals surface area contributed by atoms with E-state index in [-0.39, 0.29) is 57.4 Å². The second-order valence-electron chi connectivity index (χ2n) is 15.8. The molecular formula is C39H52F6N6O8. The number of hydrogen-bond donors (Lipinski definition) is 3. The van der Waals surface area contributed by atoms with Crippen LogP contribution < -0.4 is 15.1 Å². The number of carbonyl (C=O) groups is 3. The van der Waals surface area contributed by atoms with Crippen molar-refractivity contribution in [2.75, 3.05) is 102 Å². The number of amides is 1. The zero-order valence-corrected chi connectivity index (χ0v) is 33.3. The van der Waals surface area contributed by atoms with Crippen LogP contribution in [0.5, 0.6) is 0 Å². The Morgan fingerprint density at radius 1 is 0.661 bits per heavy atom. The number of morpholine rings is 2. The van der Waals surface area contributed by atoms with Crippen molar-refractivity contribution in [1.82, 2.24) is 20.0 Å². The maximum atomic E-state index is 13.6. The van der Waals surface area contributed by atoms with Crippen molar-refractivity contribution < 1.29 is 65.1 Å². The fourth-order valence-corrected chi connectivity index (χ4v) is 7.22. The average Bonchev–Trinajstić information content (AvgIpc) is 3.17. The van der Waals surface area contributed by atoms with Crippen LogP contribution in [0, 0.1) is 0 Å². The van der Waals surface area contributed by atoms with Crippen LogP contribution in [-0.4, -0.2) is 153 Å². The van der Waals surface area contributed by atoms with Crippen molar-refractivity contribution in [3.63, 3.8) is 0 Å². The van der Waals surface area contributed by atoms with Gasteiger partial charge in [-0.3, -0.25) is 9.80 Å². The van der Waals surface area contributed by atoms with E-state index >= 15 is 0 Å². The van der Waals surface area contributed by atoms with Gasteiger partial charge in [-0.2, -0.15) is 26.3 Å². The van der Waals surface area contributed by atoms with Gasteiger partial charge in [-0.15, -0.1) is 0 Å². The molecule has 0 aliphatic carbocycles. The number of benzene rings is 2. The molecule has 4 aliphatic heterocycles. The molecule has 59 heavy (non-hydrogen) atoms. The third-order valence-electron chi connectivity index (χ3n) is 10.1. The summed E-state index contributed by atoms with van der Waals surface area (Å²) in [5.74, 6) is -2.25. The van der Waals surface area contributed by atoms with Crippen molar-refractivity contribution in [2.45, 2.75) is 63.9 Å². The Labute approximate surface area is 338 Å². The van der Waals surface area contributed by atoms with E-state index in [1.54, 1.807) is 37.8 Å². The molecule has 2 unspecified atom stereocenters. The highest BCUT2D eigenvalue weighted by molar-refractivity contribution is 5.79. The number of alkyl halides is 6. The van der Waals surface area contributed by atoms with Gasteiger partial charge in [0.1, 0.15) is 5.60 Å². The zero-order chi connectivity index (χ0) is 43.1. The minimum absolute atomic E-state index is 0.0429. The molecule has 0 radical (unpaired) electrons. The predicted octanol–water partition coefficient (Wildman–Crippen LogP) is 4.45. The van der Waals surface area contributed by atoms with Crippen molar-refractivity contribution in [3.05, 3.63) is 58.7 Å². The molecule has 1 amide bonds. The lowest BCUT2D eigenvalue weighted by Gasteiger charge is -2.37. The summed E-state index contributed by atoms with van der Waals surface area (Å²) in [5.41, 5.74) is -0.721. The van der Waals surface area contributed by atoms with Crippen molar-refractivity contribution in [1.29, 1.82) is 0 Å². The first-order valence-corrected chi connectivity index (χ1v) is 19.4. The Morgan fingerprint density at radius 2 is 1.08 bits per heavy atom. The first-order valence-electron chi connectivity index (χ1n) is 19.4. The second-order valence-corrected chi connectivity index (χ2v) is 15.8. The van der Waals surface area contributed by atoms with Crippen LogP contribution in [0.2, 0.25) is 0 Å². The number of ether oxygens (including phenoxy) is 3.